The highest BCUT2D eigenvalue weighted by Crippen LogP contribution is 2.44. The van der Waals surface area contributed by atoms with Crippen molar-refractivity contribution in [2.45, 2.75) is 30.6 Å². The maximum Gasteiger partial charge on any atom is 0.410 e. The van der Waals surface area contributed by atoms with E-state index in [9.17, 15) is 19.5 Å². The van der Waals surface area contributed by atoms with E-state index < -0.39 is 18.1 Å². The van der Waals surface area contributed by atoms with Crippen molar-refractivity contribution in [3.8, 4) is 11.1 Å². The van der Waals surface area contributed by atoms with Gasteiger partial charge in [0.25, 0.3) is 0 Å². The molecule has 1 aliphatic heterocycles. The molecule has 29 heavy (non-hydrogen) atoms. The Morgan fingerprint density at radius 1 is 1.07 bits per heavy atom. The average molecular weight is 411 g/mol. The molecule has 2 aromatic carbocycles. The summed E-state index contributed by atoms with van der Waals surface area (Å²) < 4.78 is 5.59. The molecular formula is C22H21NO5S. The van der Waals surface area contributed by atoms with Crippen molar-refractivity contribution in [2.24, 2.45) is 0 Å². The SMILES string of the molecule is CC(=O)S[C@H]1C[C@@H](C(=O)O)N(C(=O)OCC2c3ccccc3-c3ccccc32)C1. The molecule has 6 nitrogen and oxygen atoms in total. The fourth-order valence-corrected chi connectivity index (χ4v) is 5.21. The van der Waals surface area contributed by atoms with Crippen molar-refractivity contribution in [1.82, 2.24) is 4.90 Å². The fraction of sp³-hybridized carbons (Fsp3) is 0.318. The van der Waals surface area contributed by atoms with Crippen molar-refractivity contribution in [1.29, 1.82) is 0 Å². The summed E-state index contributed by atoms with van der Waals surface area (Å²) in [5.41, 5.74) is 4.46. The highest BCUT2D eigenvalue weighted by atomic mass is 32.2. The second-order valence-corrected chi connectivity index (χ2v) is 8.75. The molecule has 1 N–H and O–H groups in total. The number of aliphatic carboxylic acids is 1. The Morgan fingerprint density at radius 3 is 2.21 bits per heavy atom. The van der Waals surface area contributed by atoms with Gasteiger partial charge in [0.05, 0.1) is 0 Å². The molecule has 0 aromatic heterocycles. The normalized spacial score (nSPS) is 20.2. The van der Waals surface area contributed by atoms with E-state index in [1.807, 2.05) is 36.4 Å². The number of benzene rings is 2. The number of carbonyl (C=O) groups is 3. The molecular weight excluding hydrogens is 390 g/mol. The Kier molecular flexibility index (Phi) is 5.32. The number of nitrogens with zero attached hydrogens (tertiary/aromatic N) is 1. The van der Waals surface area contributed by atoms with E-state index in [1.165, 1.54) is 11.8 Å². The number of thioether (sulfide) groups is 1. The van der Waals surface area contributed by atoms with Gasteiger partial charge in [-0.25, -0.2) is 9.59 Å². The van der Waals surface area contributed by atoms with E-state index in [-0.39, 0.29) is 35.9 Å². The minimum absolute atomic E-state index is 0.0837. The van der Waals surface area contributed by atoms with Gasteiger partial charge in [-0.2, -0.15) is 0 Å². The molecule has 4 rings (SSSR count). The van der Waals surface area contributed by atoms with Crippen LogP contribution in [-0.2, 0) is 14.3 Å². The van der Waals surface area contributed by atoms with Crippen LogP contribution < -0.4 is 0 Å². The number of hydrogen-bond donors (Lipinski definition) is 1. The smallest absolute Gasteiger partial charge is 0.410 e. The largest absolute Gasteiger partial charge is 0.480 e. The summed E-state index contributed by atoms with van der Waals surface area (Å²) in [6.45, 7) is 1.77. The van der Waals surface area contributed by atoms with E-state index in [0.717, 1.165) is 34.0 Å². The first-order valence-corrected chi connectivity index (χ1v) is 10.4. The maximum absolute atomic E-state index is 12.7. The predicted molar refractivity (Wildman–Crippen MR) is 110 cm³/mol. The molecule has 1 aliphatic carbocycles. The third-order valence-corrected chi connectivity index (χ3v) is 6.46. The molecule has 150 valence electrons. The van der Waals surface area contributed by atoms with Gasteiger partial charge in [0.1, 0.15) is 12.6 Å². The highest BCUT2D eigenvalue weighted by molar-refractivity contribution is 8.14. The molecule has 7 heteroatoms. The van der Waals surface area contributed by atoms with Crippen molar-refractivity contribution in [2.75, 3.05) is 13.2 Å². The third kappa shape index (κ3) is 3.74. The van der Waals surface area contributed by atoms with Crippen LogP contribution in [0.2, 0.25) is 0 Å². The van der Waals surface area contributed by atoms with E-state index >= 15 is 0 Å². The van der Waals surface area contributed by atoms with Gasteiger partial charge < -0.3 is 9.84 Å². The first kappa shape index (κ1) is 19.5. The number of ether oxygens (including phenoxy) is 1. The van der Waals surface area contributed by atoms with Gasteiger partial charge in [-0.1, -0.05) is 60.3 Å². The summed E-state index contributed by atoms with van der Waals surface area (Å²) in [4.78, 5) is 36.9. The van der Waals surface area contributed by atoms with E-state index in [4.69, 9.17) is 4.74 Å². The number of rotatable bonds is 4. The lowest BCUT2D eigenvalue weighted by atomic mass is 9.98. The summed E-state index contributed by atoms with van der Waals surface area (Å²) in [5.74, 6) is -1.16. The molecule has 1 amide bonds. The molecule has 1 saturated heterocycles. The highest BCUT2D eigenvalue weighted by Gasteiger charge is 2.41. The molecule has 2 aliphatic rings. The predicted octanol–water partition coefficient (Wildman–Crippen LogP) is 3.74. The number of hydrogen-bond acceptors (Lipinski definition) is 5. The van der Waals surface area contributed by atoms with Crippen LogP contribution in [0.25, 0.3) is 11.1 Å². The molecule has 0 radical (unpaired) electrons. The Bertz CT molecular complexity index is 930. The summed E-state index contributed by atoms with van der Waals surface area (Å²) in [6, 6.07) is 15.1. The number of fused-ring (bicyclic) bond motifs is 3. The van der Waals surface area contributed by atoms with Crippen LogP contribution in [0.3, 0.4) is 0 Å². The summed E-state index contributed by atoms with van der Waals surface area (Å²) in [6.07, 6.45) is -0.407. The van der Waals surface area contributed by atoms with Crippen LogP contribution in [0.4, 0.5) is 4.79 Å². The van der Waals surface area contributed by atoms with Crippen molar-refractivity contribution in [3.63, 3.8) is 0 Å². The van der Waals surface area contributed by atoms with Crippen LogP contribution in [0.15, 0.2) is 48.5 Å². The summed E-state index contributed by atoms with van der Waals surface area (Å²) >= 11 is 1.08. The van der Waals surface area contributed by atoms with Crippen molar-refractivity contribution < 1.29 is 24.2 Å². The van der Waals surface area contributed by atoms with Crippen LogP contribution in [0, 0.1) is 0 Å². The van der Waals surface area contributed by atoms with Gasteiger partial charge >= 0.3 is 12.1 Å². The monoisotopic (exact) mass is 411 g/mol. The zero-order valence-corrected chi connectivity index (χ0v) is 16.7. The van der Waals surface area contributed by atoms with Crippen LogP contribution >= 0.6 is 11.8 Å². The topological polar surface area (TPSA) is 83.9 Å². The zero-order valence-electron chi connectivity index (χ0n) is 15.9. The lowest BCUT2D eigenvalue weighted by Gasteiger charge is -2.22. The number of likely N-dealkylation sites (tertiary alicyclic amines) is 1. The van der Waals surface area contributed by atoms with Gasteiger partial charge in [-0.3, -0.25) is 9.69 Å². The summed E-state index contributed by atoms with van der Waals surface area (Å²) in [5, 5.41) is 9.16. The first-order valence-electron chi connectivity index (χ1n) is 9.47. The number of carbonyl (C=O) groups excluding carboxylic acids is 2. The van der Waals surface area contributed by atoms with Crippen molar-refractivity contribution >= 4 is 28.9 Å². The molecule has 2 atom stereocenters. The molecule has 0 bridgehead atoms. The summed E-state index contributed by atoms with van der Waals surface area (Å²) in [7, 11) is 0. The van der Waals surface area contributed by atoms with Gasteiger partial charge in [-0.15, -0.1) is 0 Å². The number of carboxylic acids is 1. The van der Waals surface area contributed by atoms with Gasteiger partial charge in [0.2, 0.25) is 0 Å². The molecule has 1 heterocycles. The quantitative estimate of drug-likeness (QED) is 0.825. The molecule has 2 aromatic rings. The van der Waals surface area contributed by atoms with Gasteiger partial charge in [0, 0.05) is 24.6 Å². The Labute approximate surface area is 172 Å². The Hall–Kier alpha value is -2.80. The minimum atomic E-state index is -1.08. The maximum atomic E-state index is 12.7. The van der Waals surface area contributed by atoms with Crippen molar-refractivity contribution in [3.05, 3.63) is 59.7 Å². The lowest BCUT2D eigenvalue weighted by Crippen LogP contribution is -2.41. The van der Waals surface area contributed by atoms with Crippen LogP contribution in [-0.4, -0.2) is 51.6 Å². The van der Waals surface area contributed by atoms with E-state index in [2.05, 4.69) is 12.1 Å². The second-order valence-electron chi connectivity index (χ2n) is 7.28. The first-order chi connectivity index (χ1) is 14.0. The number of amides is 1. The third-order valence-electron chi connectivity index (χ3n) is 5.45. The van der Waals surface area contributed by atoms with Crippen LogP contribution in [0.5, 0.6) is 0 Å². The Morgan fingerprint density at radius 2 is 1.66 bits per heavy atom. The minimum Gasteiger partial charge on any atom is -0.480 e. The van der Waals surface area contributed by atoms with Gasteiger partial charge in [0.15, 0.2) is 5.12 Å². The van der Waals surface area contributed by atoms with E-state index in [0.29, 0.717) is 0 Å². The standard InChI is InChI=1S/C22H21NO5S/c1-13(24)29-14-10-20(21(25)26)23(11-14)22(27)28-12-19-17-8-4-2-6-15(17)16-7-3-5-9-18(16)19/h2-9,14,19-20H,10-12H2,1H3,(H,25,26)/t14-,20-/m0/s1. The second kappa shape index (κ2) is 7.91. The molecule has 0 unspecified atom stereocenters. The lowest BCUT2D eigenvalue weighted by molar-refractivity contribution is -0.141. The fourth-order valence-electron chi connectivity index (χ4n) is 4.23. The van der Waals surface area contributed by atoms with Gasteiger partial charge in [-0.05, 0) is 28.7 Å². The Balaban J connectivity index is 1.49. The average Bonchev–Trinajstić information content (AvgIpc) is 3.25. The zero-order chi connectivity index (χ0) is 20.5. The number of carboxylic acid groups (broad SMARTS) is 1. The molecule has 0 spiro atoms. The van der Waals surface area contributed by atoms with E-state index in [1.54, 1.807) is 0 Å². The molecule has 1 fully saturated rings. The molecule has 0 saturated carbocycles. The van der Waals surface area contributed by atoms with Crippen LogP contribution in [0.1, 0.15) is 30.4 Å².